The molecular weight excluding hydrogens is 335 g/mol. The van der Waals surface area contributed by atoms with Crippen molar-refractivity contribution in [1.29, 1.82) is 0 Å². The molecule has 1 aromatic carbocycles. The number of ether oxygens (including phenoxy) is 1. The van der Waals surface area contributed by atoms with Gasteiger partial charge in [0.1, 0.15) is 6.04 Å². The van der Waals surface area contributed by atoms with Gasteiger partial charge in [0.25, 0.3) is 5.91 Å². The molecule has 10 heteroatoms. The van der Waals surface area contributed by atoms with Gasteiger partial charge < -0.3 is 26.8 Å². The number of hydrogen-bond acceptors (Lipinski definition) is 5. The van der Waals surface area contributed by atoms with Crippen molar-refractivity contribution in [3.8, 4) is 0 Å². The quantitative estimate of drug-likeness (QED) is 0.454. The van der Waals surface area contributed by atoms with Crippen molar-refractivity contribution in [3.63, 3.8) is 0 Å². The van der Waals surface area contributed by atoms with E-state index in [1.165, 1.54) is 12.1 Å². The summed E-state index contributed by atoms with van der Waals surface area (Å²) in [7, 11) is 1.13. The number of hydrogen-bond donors (Lipinski definition) is 4. The van der Waals surface area contributed by atoms with Gasteiger partial charge in [-0.3, -0.25) is 4.79 Å². The van der Waals surface area contributed by atoms with Crippen LogP contribution in [0.25, 0.3) is 0 Å². The van der Waals surface area contributed by atoms with Crippen molar-refractivity contribution < 1.29 is 19.1 Å². The maximum atomic E-state index is 12.2. The molecule has 8 nitrogen and oxygen atoms in total. The fraction of sp³-hybridized carbons (Fsp3) is 0.250. The molecule has 0 saturated carbocycles. The second-order valence-corrected chi connectivity index (χ2v) is 4.91. The van der Waals surface area contributed by atoms with Gasteiger partial charge in [0.2, 0.25) is 0 Å². The van der Waals surface area contributed by atoms with E-state index in [1.807, 2.05) is 0 Å². The molecule has 120 valence electrons. The molecule has 0 aliphatic rings. The smallest absolute Gasteiger partial charge is 0.330 e. The number of primary amides is 1. The summed E-state index contributed by atoms with van der Waals surface area (Å²) in [5, 5.41) is 4.54. The number of methoxy groups -OCH3 is 1. The number of carbonyl (C=O) groups excluding carboxylic acids is 3. The first-order valence-electron chi connectivity index (χ1n) is 5.93. The predicted octanol–water partition coefficient (Wildman–Crippen LogP) is 0.515. The van der Waals surface area contributed by atoms with Crippen LogP contribution in [-0.2, 0) is 9.53 Å². The summed E-state index contributed by atoms with van der Waals surface area (Å²) in [6, 6.07) is 0.808. The number of anilines is 1. The third-order valence-corrected chi connectivity index (χ3v) is 3.34. The lowest BCUT2D eigenvalue weighted by Gasteiger charge is -2.17. The molecule has 0 aromatic heterocycles. The van der Waals surface area contributed by atoms with E-state index >= 15 is 0 Å². The van der Waals surface area contributed by atoms with E-state index in [9.17, 15) is 14.4 Å². The van der Waals surface area contributed by atoms with Crippen molar-refractivity contribution >= 4 is 46.8 Å². The van der Waals surface area contributed by atoms with Crippen LogP contribution in [0.1, 0.15) is 10.4 Å². The van der Waals surface area contributed by atoms with Gasteiger partial charge in [0.15, 0.2) is 0 Å². The first-order chi connectivity index (χ1) is 10.3. The zero-order valence-electron chi connectivity index (χ0n) is 11.5. The largest absolute Gasteiger partial charge is 0.467 e. The maximum absolute atomic E-state index is 12.2. The molecule has 0 spiro atoms. The number of nitrogens with two attached hydrogens (primary N) is 2. The Morgan fingerprint density at radius 3 is 2.50 bits per heavy atom. The number of rotatable bonds is 5. The zero-order valence-corrected chi connectivity index (χ0v) is 13.0. The van der Waals surface area contributed by atoms with Gasteiger partial charge in [-0.2, -0.15) is 0 Å². The summed E-state index contributed by atoms with van der Waals surface area (Å²) in [6.45, 7) is -0.259. The molecule has 1 rings (SSSR count). The molecule has 0 unspecified atom stereocenters. The van der Waals surface area contributed by atoms with Crippen molar-refractivity contribution in [2.24, 2.45) is 5.73 Å². The third kappa shape index (κ3) is 4.40. The summed E-state index contributed by atoms with van der Waals surface area (Å²) in [4.78, 5) is 34.5. The van der Waals surface area contributed by atoms with Gasteiger partial charge >= 0.3 is 12.0 Å². The monoisotopic (exact) mass is 348 g/mol. The molecule has 0 aliphatic carbocycles. The lowest BCUT2D eigenvalue weighted by Crippen LogP contribution is -2.50. The van der Waals surface area contributed by atoms with Gasteiger partial charge in [-0.05, 0) is 12.1 Å². The van der Waals surface area contributed by atoms with Gasteiger partial charge in [-0.15, -0.1) is 0 Å². The van der Waals surface area contributed by atoms with Crippen molar-refractivity contribution in [2.45, 2.75) is 6.04 Å². The number of halogens is 2. The first-order valence-corrected chi connectivity index (χ1v) is 6.69. The molecule has 0 bridgehead atoms. The Bertz CT molecular complexity index is 609. The normalized spacial score (nSPS) is 11.4. The number of esters is 1. The average molecular weight is 349 g/mol. The minimum Gasteiger partial charge on any atom is -0.467 e. The summed E-state index contributed by atoms with van der Waals surface area (Å²) >= 11 is 11.9. The van der Waals surface area contributed by atoms with Gasteiger partial charge in [0.05, 0.1) is 35.0 Å². The number of nitrogen functional groups attached to an aromatic ring is 1. The number of nitrogens with one attached hydrogen (secondary N) is 2. The van der Waals surface area contributed by atoms with Gasteiger partial charge in [-0.1, -0.05) is 23.2 Å². The molecule has 1 aromatic rings. The summed E-state index contributed by atoms with van der Waals surface area (Å²) in [6.07, 6.45) is 0. The molecule has 22 heavy (non-hydrogen) atoms. The predicted molar refractivity (Wildman–Crippen MR) is 81.7 cm³/mol. The van der Waals surface area contributed by atoms with E-state index in [2.05, 4.69) is 15.4 Å². The Morgan fingerprint density at radius 1 is 1.32 bits per heavy atom. The second-order valence-electron chi connectivity index (χ2n) is 4.12. The molecule has 0 heterocycles. The molecule has 0 fully saturated rings. The zero-order chi connectivity index (χ0) is 16.9. The number of urea groups is 1. The van der Waals surface area contributed by atoms with Crippen molar-refractivity contribution in [1.82, 2.24) is 10.6 Å². The summed E-state index contributed by atoms with van der Waals surface area (Å²) < 4.78 is 4.53. The Hall–Kier alpha value is -2.19. The minimum atomic E-state index is -1.17. The standard InChI is InChI=1S/C12H14Cl2N4O4/c1-22-11(20)7(4-17-12(16)21)18-10(19)8-5(13)2-3-6(15)9(8)14/h2-3,7H,4,15H2,1H3,(H,18,19)(H3,16,17,21)/t7-/m0/s1. The summed E-state index contributed by atoms with van der Waals surface area (Å²) in [5.41, 5.74) is 10.6. The molecule has 0 aliphatic heterocycles. The Morgan fingerprint density at radius 2 is 1.95 bits per heavy atom. The lowest BCUT2D eigenvalue weighted by molar-refractivity contribution is -0.142. The second kappa shape index (κ2) is 7.71. The van der Waals surface area contributed by atoms with E-state index in [-0.39, 0.29) is 27.8 Å². The van der Waals surface area contributed by atoms with Crippen LogP contribution in [-0.4, -0.2) is 37.6 Å². The van der Waals surface area contributed by atoms with Crippen LogP contribution in [0.4, 0.5) is 10.5 Å². The Balaban J connectivity index is 2.98. The van der Waals surface area contributed by atoms with E-state index in [0.29, 0.717) is 0 Å². The topological polar surface area (TPSA) is 137 Å². The minimum absolute atomic E-state index is 0.0449. The highest BCUT2D eigenvalue weighted by atomic mass is 35.5. The van der Waals surface area contributed by atoms with Crippen molar-refractivity contribution in [3.05, 3.63) is 27.7 Å². The Kier molecular flexibility index (Phi) is 6.26. The highest BCUT2D eigenvalue weighted by Crippen LogP contribution is 2.29. The first kappa shape index (κ1) is 17.9. The van der Waals surface area contributed by atoms with Crippen LogP contribution < -0.4 is 22.1 Å². The third-order valence-electron chi connectivity index (χ3n) is 2.62. The van der Waals surface area contributed by atoms with Crippen molar-refractivity contribution in [2.75, 3.05) is 19.4 Å². The maximum Gasteiger partial charge on any atom is 0.330 e. The molecule has 0 radical (unpaired) electrons. The van der Waals surface area contributed by atoms with Crippen LogP contribution >= 0.6 is 23.2 Å². The van der Waals surface area contributed by atoms with Gasteiger partial charge in [0, 0.05) is 0 Å². The molecule has 1 atom stereocenters. The average Bonchev–Trinajstić information content (AvgIpc) is 2.46. The van der Waals surface area contributed by atoms with Crippen LogP contribution in [0.2, 0.25) is 10.0 Å². The van der Waals surface area contributed by atoms with Gasteiger partial charge in [-0.25, -0.2) is 9.59 Å². The summed E-state index contributed by atoms with van der Waals surface area (Å²) in [5.74, 6) is -1.53. The SMILES string of the molecule is COC(=O)[C@H](CNC(N)=O)NC(=O)c1c(Cl)ccc(N)c1Cl. The number of amides is 3. The number of carbonyl (C=O) groups is 3. The van der Waals surface area contributed by atoms with E-state index < -0.39 is 23.9 Å². The molecule has 6 N–H and O–H groups in total. The molecule has 0 saturated heterocycles. The van der Waals surface area contributed by atoms with Crippen LogP contribution in [0.15, 0.2) is 12.1 Å². The van der Waals surface area contributed by atoms with E-state index in [1.54, 1.807) is 0 Å². The Labute approximate surface area is 136 Å². The number of benzene rings is 1. The highest BCUT2D eigenvalue weighted by molar-refractivity contribution is 6.41. The molecule has 3 amide bonds. The fourth-order valence-electron chi connectivity index (χ4n) is 1.55. The highest BCUT2D eigenvalue weighted by Gasteiger charge is 2.25. The molecular formula is C12H14Cl2N4O4. The van der Waals surface area contributed by atoms with E-state index in [0.717, 1.165) is 7.11 Å². The van der Waals surface area contributed by atoms with Crippen LogP contribution in [0, 0.1) is 0 Å². The van der Waals surface area contributed by atoms with Crippen LogP contribution in [0.3, 0.4) is 0 Å². The van der Waals surface area contributed by atoms with E-state index in [4.69, 9.17) is 34.7 Å². The van der Waals surface area contributed by atoms with Crippen LogP contribution in [0.5, 0.6) is 0 Å². The fourth-order valence-corrected chi connectivity index (χ4v) is 2.09. The lowest BCUT2D eigenvalue weighted by atomic mass is 10.1.